The largest absolute Gasteiger partial charge is 0.497 e. The fraction of sp³-hybridized carbons (Fsp3) is 0.278. The third-order valence-electron chi connectivity index (χ3n) is 3.63. The van der Waals surface area contributed by atoms with Gasteiger partial charge in [0.15, 0.2) is 0 Å². The zero-order valence-corrected chi connectivity index (χ0v) is 15.0. The number of benzene rings is 2. The molecular formula is C18H21NO5S. The molecule has 0 aliphatic carbocycles. The maximum Gasteiger partial charge on any atom is 0.337 e. The monoisotopic (exact) mass is 363 g/mol. The van der Waals surface area contributed by atoms with Crippen molar-refractivity contribution >= 4 is 16.0 Å². The normalized spacial score (nSPS) is 11.1. The molecule has 0 radical (unpaired) electrons. The number of hydrogen-bond acceptors (Lipinski definition) is 5. The summed E-state index contributed by atoms with van der Waals surface area (Å²) in [6.07, 6.45) is 1.37. The van der Waals surface area contributed by atoms with Gasteiger partial charge in [0.25, 0.3) is 0 Å². The Morgan fingerprint density at radius 3 is 2.56 bits per heavy atom. The zero-order valence-electron chi connectivity index (χ0n) is 14.2. The van der Waals surface area contributed by atoms with E-state index in [1.54, 1.807) is 7.11 Å². The van der Waals surface area contributed by atoms with Crippen molar-refractivity contribution in [3.8, 4) is 5.75 Å². The molecule has 0 heterocycles. The molecule has 25 heavy (non-hydrogen) atoms. The van der Waals surface area contributed by atoms with Crippen molar-refractivity contribution < 1.29 is 22.7 Å². The third kappa shape index (κ3) is 5.30. The van der Waals surface area contributed by atoms with Crippen LogP contribution in [0.1, 0.15) is 22.3 Å². The topological polar surface area (TPSA) is 81.7 Å². The summed E-state index contributed by atoms with van der Waals surface area (Å²) in [4.78, 5) is 11.6. The van der Waals surface area contributed by atoms with Crippen LogP contribution >= 0.6 is 0 Å². The predicted molar refractivity (Wildman–Crippen MR) is 94.3 cm³/mol. The lowest BCUT2D eigenvalue weighted by Crippen LogP contribution is -2.25. The summed E-state index contributed by atoms with van der Waals surface area (Å²) < 4.78 is 37.0. The number of sulfonamides is 1. The van der Waals surface area contributed by atoms with E-state index in [0.29, 0.717) is 13.0 Å². The van der Waals surface area contributed by atoms with E-state index in [-0.39, 0.29) is 10.5 Å². The van der Waals surface area contributed by atoms with E-state index in [1.165, 1.54) is 31.4 Å². The van der Waals surface area contributed by atoms with Crippen molar-refractivity contribution in [1.29, 1.82) is 0 Å². The van der Waals surface area contributed by atoms with E-state index in [2.05, 4.69) is 9.46 Å². The Morgan fingerprint density at radius 2 is 1.84 bits per heavy atom. The fourth-order valence-corrected chi connectivity index (χ4v) is 3.44. The highest BCUT2D eigenvalue weighted by molar-refractivity contribution is 7.89. The number of aryl methyl sites for hydroxylation is 1. The maximum atomic E-state index is 12.3. The summed E-state index contributed by atoms with van der Waals surface area (Å²) in [6, 6.07) is 13.4. The Kier molecular flexibility index (Phi) is 6.55. The molecule has 0 aliphatic rings. The minimum Gasteiger partial charge on any atom is -0.497 e. The van der Waals surface area contributed by atoms with Crippen LogP contribution in [0, 0.1) is 0 Å². The number of hydrogen-bond donors (Lipinski definition) is 1. The standard InChI is InChI=1S/C18H21NO5S/c1-23-16-9-3-6-14(12-16)7-5-11-19-25(21,22)17-10-4-8-15(13-17)18(20)24-2/h3-4,6,8-10,12-13,19H,5,7,11H2,1-2H3. The van der Waals surface area contributed by atoms with Gasteiger partial charge in [-0.15, -0.1) is 0 Å². The molecule has 2 rings (SSSR count). The number of carbonyl (C=O) groups excluding carboxylic acids is 1. The summed E-state index contributed by atoms with van der Waals surface area (Å²) in [5.41, 5.74) is 1.27. The number of esters is 1. The molecule has 7 heteroatoms. The van der Waals surface area contributed by atoms with Gasteiger partial charge in [0, 0.05) is 6.54 Å². The number of carbonyl (C=O) groups is 1. The van der Waals surface area contributed by atoms with Gasteiger partial charge in [-0.25, -0.2) is 17.9 Å². The maximum absolute atomic E-state index is 12.3. The van der Waals surface area contributed by atoms with Gasteiger partial charge in [0.1, 0.15) is 5.75 Å². The van der Waals surface area contributed by atoms with Gasteiger partial charge in [0.05, 0.1) is 24.7 Å². The van der Waals surface area contributed by atoms with E-state index >= 15 is 0 Å². The highest BCUT2D eigenvalue weighted by Gasteiger charge is 2.16. The van der Waals surface area contributed by atoms with Gasteiger partial charge in [-0.1, -0.05) is 18.2 Å². The van der Waals surface area contributed by atoms with Crippen molar-refractivity contribution in [3.63, 3.8) is 0 Å². The Hall–Kier alpha value is -2.38. The highest BCUT2D eigenvalue weighted by Crippen LogP contribution is 2.15. The molecule has 0 saturated heterocycles. The molecule has 1 N–H and O–H groups in total. The minimum absolute atomic E-state index is 0.0387. The van der Waals surface area contributed by atoms with E-state index in [4.69, 9.17) is 4.74 Å². The Labute approximate surface area is 147 Å². The van der Waals surface area contributed by atoms with Gasteiger partial charge in [-0.05, 0) is 48.7 Å². The smallest absolute Gasteiger partial charge is 0.337 e. The molecule has 0 spiro atoms. The number of nitrogens with one attached hydrogen (secondary N) is 1. The highest BCUT2D eigenvalue weighted by atomic mass is 32.2. The van der Waals surface area contributed by atoms with Crippen LogP contribution in [-0.4, -0.2) is 35.2 Å². The quantitative estimate of drug-likeness (QED) is 0.575. The molecule has 2 aromatic carbocycles. The zero-order chi connectivity index (χ0) is 18.3. The van der Waals surface area contributed by atoms with Crippen LogP contribution in [0.2, 0.25) is 0 Å². The SMILES string of the molecule is COC(=O)c1cccc(S(=O)(=O)NCCCc2cccc(OC)c2)c1. The van der Waals surface area contributed by atoms with E-state index in [1.807, 2.05) is 24.3 Å². The van der Waals surface area contributed by atoms with Crippen molar-refractivity contribution in [1.82, 2.24) is 4.72 Å². The molecule has 0 saturated carbocycles. The first-order valence-electron chi connectivity index (χ1n) is 7.77. The van der Waals surface area contributed by atoms with Crippen molar-refractivity contribution in [2.24, 2.45) is 0 Å². The van der Waals surface area contributed by atoms with Gasteiger partial charge < -0.3 is 9.47 Å². The Bertz CT molecular complexity index is 833. The van der Waals surface area contributed by atoms with Gasteiger partial charge in [-0.3, -0.25) is 0 Å². The van der Waals surface area contributed by atoms with Gasteiger partial charge in [0.2, 0.25) is 10.0 Å². The second-order valence-corrected chi connectivity index (χ2v) is 7.14. The molecule has 0 unspecified atom stereocenters. The lowest BCUT2D eigenvalue weighted by molar-refractivity contribution is 0.0600. The van der Waals surface area contributed by atoms with Crippen LogP contribution in [0.15, 0.2) is 53.4 Å². The molecule has 0 atom stereocenters. The van der Waals surface area contributed by atoms with Crippen LogP contribution in [0.4, 0.5) is 0 Å². The number of ether oxygens (including phenoxy) is 2. The average molecular weight is 363 g/mol. The molecular weight excluding hydrogens is 342 g/mol. The van der Waals surface area contributed by atoms with Crippen LogP contribution in [0.5, 0.6) is 5.75 Å². The molecule has 2 aromatic rings. The molecule has 0 fully saturated rings. The lowest BCUT2D eigenvalue weighted by atomic mass is 10.1. The van der Waals surface area contributed by atoms with Crippen molar-refractivity contribution in [3.05, 3.63) is 59.7 Å². The molecule has 134 valence electrons. The summed E-state index contributed by atoms with van der Waals surface area (Å²) in [5, 5.41) is 0. The molecule has 0 aromatic heterocycles. The third-order valence-corrected chi connectivity index (χ3v) is 5.09. The molecule has 0 amide bonds. The second-order valence-electron chi connectivity index (χ2n) is 5.37. The van der Waals surface area contributed by atoms with E-state index in [9.17, 15) is 13.2 Å². The summed E-state index contributed by atoms with van der Waals surface area (Å²) in [6.45, 7) is 0.294. The summed E-state index contributed by atoms with van der Waals surface area (Å²) in [7, 11) is -0.817. The first-order chi connectivity index (χ1) is 12.0. The van der Waals surface area contributed by atoms with Crippen LogP contribution < -0.4 is 9.46 Å². The van der Waals surface area contributed by atoms with E-state index in [0.717, 1.165) is 17.7 Å². The van der Waals surface area contributed by atoms with Crippen molar-refractivity contribution in [2.45, 2.75) is 17.7 Å². The Morgan fingerprint density at radius 1 is 1.08 bits per heavy atom. The minimum atomic E-state index is -3.67. The average Bonchev–Trinajstić information content (AvgIpc) is 2.65. The van der Waals surface area contributed by atoms with Crippen LogP contribution in [0.3, 0.4) is 0 Å². The van der Waals surface area contributed by atoms with Crippen LogP contribution in [-0.2, 0) is 21.2 Å². The predicted octanol–water partition coefficient (Wildman–Crippen LogP) is 2.39. The number of methoxy groups -OCH3 is 2. The molecule has 0 aliphatic heterocycles. The van der Waals surface area contributed by atoms with Crippen LogP contribution in [0.25, 0.3) is 0 Å². The molecule has 6 nitrogen and oxygen atoms in total. The lowest BCUT2D eigenvalue weighted by Gasteiger charge is -2.08. The fourth-order valence-electron chi connectivity index (χ4n) is 2.32. The first kappa shape index (κ1) is 19.0. The summed E-state index contributed by atoms with van der Waals surface area (Å²) in [5.74, 6) is 0.202. The van der Waals surface area contributed by atoms with Gasteiger partial charge >= 0.3 is 5.97 Å². The van der Waals surface area contributed by atoms with Gasteiger partial charge in [-0.2, -0.15) is 0 Å². The van der Waals surface area contributed by atoms with E-state index < -0.39 is 16.0 Å². The molecule has 0 bridgehead atoms. The second kappa shape index (κ2) is 8.64. The van der Waals surface area contributed by atoms with Crippen molar-refractivity contribution in [2.75, 3.05) is 20.8 Å². The number of rotatable bonds is 8. The summed E-state index contributed by atoms with van der Waals surface area (Å²) >= 11 is 0. The first-order valence-corrected chi connectivity index (χ1v) is 9.25. The Balaban J connectivity index is 1.94.